The average Bonchev–Trinajstić information content (AvgIpc) is 2.66. The minimum absolute atomic E-state index is 0.0896. The summed E-state index contributed by atoms with van der Waals surface area (Å²) in [6.45, 7) is 0.404. The van der Waals surface area contributed by atoms with Crippen LogP contribution in [-0.4, -0.2) is 10.9 Å². The quantitative estimate of drug-likeness (QED) is 0.518. The Bertz CT molecular complexity index is 868. The van der Waals surface area contributed by atoms with E-state index >= 15 is 0 Å². The molecule has 3 rings (SSSR count). The smallest absolute Gasteiger partial charge is 0.189 e. The van der Waals surface area contributed by atoms with E-state index in [9.17, 15) is 9.90 Å². The fourth-order valence-corrected chi connectivity index (χ4v) is 2.38. The second kappa shape index (κ2) is 7.97. The summed E-state index contributed by atoms with van der Waals surface area (Å²) in [5.74, 6) is 0.175. The van der Waals surface area contributed by atoms with Gasteiger partial charge in [-0.1, -0.05) is 66.7 Å². The average molecular weight is 330 g/mol. The molecule has 0 aliphatic heterocycles. The first-order valence-electron chi connectivity index (χ1n) is 7.99. The van der Waals surface area contributed by atoms with Crippen molar-refractivity contribution in [3.05, 3.63) is 102 Å². The van der Waals surface area contributed by atoms with E-state index in [1.165, 1.54) is 12.1 Å². The molecule has 0 aliphatic rings. The number of allylic oxidation sites excluding steroid dienone is 1. The summed E-state index contributed by atoms with van der Waals surface area (Å²) >= 11 is 0. The van der Waals surface area contributed by atoms with Gasteiger partial charge in [-0.25, -0.2) is 0 Å². The van der Waals surface area contributed by atoms with Crippen LogP contribution in [0.5, 0.6) is 11.5 Å². The van der Waals surface area contributed by atoms with Crippen molar-refractivity contribution in [2.45, 2.75) is 6.61 Å². The Morgan fingerprint density at radius 3 is 2.28 bits per heavy atom. The molecule has 3 aromatic rings. The maximum absolute atomic E-state index is 12.2. The first-order chi connectivity index (χ1) is 12.2. The summed E-state index contributed by atoms with van der Waals surface area (Å²) in [5.41, 5.74) is 2.21. The molecule has 0 radical (unpaired) electrons. The van der Waals surface area contributed by atoms with Gasteiger partial charge in [0.25, 0.3) is 0 Å². The molecule has 3 nitrogen and oxygen atoms in total. The van der Waals surface area contributed by atoms with E-state index in [0.29, 0.717) is 12.4 Å². The van der Waals surface area contributed by atoms with E-state index in [-0.39, 0.29) is 17.1 Å². The van der Waals surface area contributed by atoms with E-state index in [4.69, 9.17) is 4.74 Å². The van der Waals surface area contributed by atoms with Crippen LogP contribution in [0, 0.1) is 0 Å². The number of ether oxygens (including phenoxy) is 1. The van der Waals surface area contributed by atoms with Crippen molar-refractivity contribution < 1.29 is 14.6 Å². The van der Waals surface area contributed by atoms with Gasteiger partial charge in [0.15, 0.2) is 5.78 Å². The van der Waals surface area contributed by atoms with Gasteiger partial charge in [0, 0.05) is 6.07 Å². The molecule has 0 unspecified atom stereocenters. The Labute approximate surface area is 146 Å². The normalized spacial score (nSPS) is 10.7. The van der Waals surface area contributed by atoms with Gasteiger partial charge >= 0.3 is 0 Å². The highest BCUT2D eigenvalue weighted by Crippen LogP contribution is 2.25. The van der Waals surface area contributed by atoms with Crippen LogP contribution < -0.4 is 4.74 Å². The third-order valence-corrected chi connectivity index (χ3v) is 3.71. The molecule has 0 aliphatic carbocycles. The fraction of sp³-hybridized carbons (Fsp3) is 0.0455. The van der Waals surface area contributed by atoms with Crippen LogP contribution in [0.25, 0.3) is 6.08 Å². The highest BCUT2D eigenvalue weighted by Gasteiger charge is 2.09. The Morgan fingerprint density at radius 2 is 1.60 bits per heavy atom. The van der Waals surface area contributed by atoms with Gasteiger partial charge in [0.05, 0.1) is 5.56 Å². The zero-order valence-electron chi connectivity index (χ0n) is 13.6. The van der Waals surface area contributed by atoms with Crippen LogP contribution in [0.15, 0.2) is 84.9 Å². The Morgan fingerprint density at radius 1 is 0.920 bits per heavy atom. The lowest BCUT2D eigenvalue weighted by atomic mass is 10.1. The molecule has 0 heterocycles. The minimum atomic E-state index is -0.254. The Hall–Kier alpha value is -3.33. The van der Waals surface area contributed by atoms with Crippen molar-refractivity contribution in [1.82, 2.24) is 0 Å². The summed E-state index contributed by atoms with van der Waals surface area (Å²) in [5, 5.41) is 10.1. The number of phenolic OH excluding ortho intramolecular Hbond substituents is 1. The number of rotatable bonds is 6. The van der Waals surface area contributed by atoms with E-state index in [0.717, 1.165) is 11.1 Å². The molecule has 0 fully saturated rings. The lowest BCUT2D eigenvalue weighted by Gasteiger charge is -2.08. The van der Waals surface area contributed by atoms with Gasteiger partial charge in [-0.15, -0.1) is 0 Å². The SMILES string of the molecule is O=C(/C=C/c1ccccc1)c1ccc(OCc2ccccc2)cc1O. The summed E-state index contributed by atoms with van der Waals surface area (Å²) in [6, 6.07) is 24.0. The van der Waals surface area contributed by atoms with E-state index in [1.807, 2.05) is 60.7 Å². The summed E-state index contributed by atoms with van der Waals surface area (Å²) < 4.78 is 5.65. The Balaban J connectivity index is 1.67. The number of carbonyl (C=O) groups is 1. The number of hydrogen-bond acceptors (Lipinski definition) is 3. The molecule has 0 aromatic heterocycles. The largest absolute Gasteiger partial charge is 0.507 e. The van der Waals surface area contributed by atoms with Gasteiger partial charge in [-0.2, -0.15) is 0 Å². The van der Waals surface area contributed by atoms with Crippen molar-refractivity contribution in [3.63, 3.8) is 0 Å². The highest BCUT2D eigenvalue weighted by atomic mass is 16.5. The number of hydrogen-bond donors (Lipinski definition) is 1. The minimum Gasteiger partial charge on any atom is -0.507 e. The molecule has 0 bridgehead atoms. The second-order valence-corrected chi connectivity index (χ2v) is 5.56. The predicted molar refractivity (Wildman–Crippen MR) is 98.7 cm³/mol. The molecule has 0 saturated carbocycles. The zero-order chi connectivity index (χ0) is 17.5. The van der Waals surface area contributed by atoms with Gasteiger partial charge in [0.2, 0.25) is 0 Å². The molecular formula is C22H18O3. The van der Waals surface area contributed by atoms with E-state index < -0.39 is 0 Å². The molecule has 124 valence electrons. The van der Waals surface area contributed by atoms with E-state index in [1.54, 1.807) is 18.2 Å². The maximum atomic E-state index is 12.2. The molecule has 0 amide bonds. The maximum Gasteiger partial charge on any atom is 0.189 e. The lowest BCUT2D eigenvalue weighted by Crippen LogP contribution is -1.98. The lowest BCUT2D eigenvalue weighted by molar-refractivity contribution is 0.104. The molecule has 0 spiro atoms. The molecule has 1 N–H and O–H groups in total. The number of phenols is 1. The predicted octanol–water partition coefficient (Wildman–Crippen LogP) is 4.87. The summed E-state index contributed by atoms with van der Waals surface area (Å²) in [6.07, 6.45) is 3.18. The Kier molecular flexibility index (Phi) is 5.27. The molecule has 0 atom stereocenters. The van der Waals surface area contributed by atoms with Crippen molar-refractivity contribution >= 4 is 11.9 Å². The van der Waals surface area contributed by atoms with Crippen molar-refractivity contribution in [1.29, 1.82) is 0 Å². The third kappa shape index (κ3) is 4.58. The molecule has 0 saturated heterocycles. The third-order valence-electron chi connectivity index (χ3n) is 3.71. The number of benzene rings is 3. The molecule has 3 heteroatoms. The van der Waals surface area contributed by atoms with Crippen molar-refractivity contribution in [2.75, 3.05) is 0 Å². The molecule has 25 heavy (non-hydrogen) atoms. The number of carbonyl (C=O) groups excluding carboxylic acids is 1. The van der Waals surface area contributed by atoms with Crippen LogP contribution in [0.1, 0.15) is 21.5 Å². The monoisotopic (exact) mass is 330 g/mol. The van der Waals surface area contributed by atoms with Crippen LogP contribution in [0.4, 0.5) is 0 Å². The standard InChI is InChI=1S/C22H18O3/c23-21(14-11-17-7-3-1-4-8-17)20-13-12-19(15-22(20)24)25-16-18-9-5-2-6-10-18/h1-15,24H,16H2/b14-11+. The topological polar surface area (TPSA) is 46.5 Å². The van der Waals surface area contributed by atoms with Gasteiger partial charge in [-0.3, -0.25) is 4.79 Å². The molecule has 3 aromatic carbocycles. The van der Waals surface area contributed by atoms with Crippen molar-refractivity contribution in [3.8, 4) is 11.5 Å². The van der Waals surface area contributed by atoms with Crippen LogP contribution in [-0.2, 0) is 6.61 Å². The summed E-state index contributed by atoms with van der Waals surface area (Å²) in [7, 11) is 0. The van der Waals surface area contributed by atoms with Gasteiger partial charge in [-0.05, 0) is 29.3 Å². The van der Waals surface area contributed by atoms with Crippen LogP contribution in [0.2, 0.25) is 0 Å². The second-order valence-electron chi connectivity index (χ2n) is 5.56. The van der Waals surface area contributed by atoms with Crippen LogP contribution >= 0.6 is 0 Å². The number of ketones is 1. The zero-order valence-corrected chi connectivity index (χ0v) is 13.6. The van der Waals surface area contributed by atoms with Crippen molar-refractivity contribution in [2.24, 2.45) is 0 Å². The first kappa shape index (κ1) is 16.5. The highest BCUT2D eigenvalue weighted by molar-refractivity contribution is 6.08. The van der Waals surface area contributed by atoms with Gasteiger partial charge in [0.1, 0.15) is 18.1 Å². The first-order valence-corrected chi connectivity index (χ1v) is 7.99. The number of aromatic hydroxyl groups is 1. The van der Waals surface area contributed by atoms with Gasteiger partial charge < -0.3 is 9.84 Å². The van der Waals surface area contributed by atoms with E-state index in [2.05, 4.69) is 0 Å². The van der Waals surface area contributed by atoms with Crippen LogP contribution in [0.3, 0.4) is 0 Å². The fourth-order valence-electron chi connectivity index (χ4n) is 2.38. The summed E-state index contributed by atoms with van der Waals surface area (Å²) in [4.78, 5) is 12.2. The molecular weight excluding hydrogens is 312 g/mol.